The number of anilines is 1. The number of piperazine rings is 1. The number of carbonyl (C=O) groups excluding carboxylic acids is 1. The number of nitrogens with two attached hydrogens (primary N) is 1. The standard InChI is InChI=1S/C15H18N4O/c1-18-6-8-19(9-7-18)14-10-12(15(16)20)11-4-2-3-5-13(11)17-14/h2-5,10H,6-9H2,1H3,(H2,16,20). The molecule has 1 aliphatic rings. The van der Waals surface area contributed by atoms with E-state index in [1.807, 2.05) is 30.3 Å². The summed E-state index contributed by atoms with van der Waals surface area (Å²) in [5.74, 6) is 0.435. The van der Waals surface area contributed by atoms with E-state index in [4.69, 9.17) is 5.73 Å². The summed E-state index contributed by atoms with van der Waals surface area (Å²) in [5, 5.41) is 0.817. The van der Waals surface area contributed by atoms with Gasteiger partial charge in [0.05, 0.1) is 11.1 Å². The molecule has 2 N–H and O–H groups in total. The highest BCUT2D eigenvalue weighted by Gasteiger charge is 2.18. The normalized spacial score (nSPS) is 16.6. The molecule has 5 nitrogen and oxygen atoms in total. The summed E-state index contributed by atoms with van der Waals surface area (Å²) in [5.41, 5.74) is 6.87. The Bertz CT molecular complexity index is 647. The molecule has 0 spiro atoms. The van der Waals surface area contributed by atoms with E-state index >= 15 is 0 Å². The van der Waals surface area contributed by atoms with Gasteiger partial charge in [-0.25, -0.2) is 4.98 Å². The summed E-state index contributed by atoms with van der Waals surface area (Å²) in [7, 11) is 2.11. The summed E-state index contributed by atoms with van der Waals surface area (Å²) < 4.78 is 0. The molecule has 20 heavy (non-hydrogen) atoms. The first-order valence-electron chi connectivity index (χ1n) is 6.78. The first-order valence-corrected chi connectivity index (χ1v) is 6.78. The summed E-state index contributed by atoms with van der Waals surface area (Å²) in [6.45, 7) is 3.83. The number of hydrogen-bond acceptors (Lipinski definition) is 4. The first-order chi connectivity index (χ1) is 9.65. The molecular formula is C15H18N4O. The van der Waals surface area contributed by atoms with Crippen LogP contribution in [0.5, 0.6) is 0 Å². The van der Waals surface area contributed by atoms with Crippen molar-refractivity contribution in [2.75, 3.05) is 38.1 Å². The number of aromatic nitrogens is 1. The van der Waals surface area contributed by atoms with Crippen molar-refractivity contribution < 1.29 is 4.79 Å². The van der Waals surface area contributed by atoms with Crippen LogP contribution in [0, 0.1) is 0 Å². The van der Waals surface area contributed by atoms with Gasteiger partial charge < -0.3 is 15.5 Å². The Morgan fingerprint density at radius 1 is 1.20 bits per heavy atom. The maximum Gasteiger partial charge on any atom is 0.249 e. The van der Waals surface area contributed by atoms with Gasteiger partial charge in [0.15, 0.2) is 0 Å². The number of amides is 1. The van der Waals surface area contributed by atoms with Crippen molar-refractivity contribution in [2.45, 2.75) is 0 Å². The smallest absolute Gasteiger partial charge is 0.249 e. The van der Waals surface area contributed by atoms with Gasteiger partial charge in [-0.3, -0.25) is 4.79 Å². The molecule has 1 amide bonds. The zero-order valence-corrected chi connectivity index (χ0v) is 11.5. The average Bonchev–Trinajstić information content (AvgIpc) is 2.46. The van der Waals surface area contributed by atoms with Crippen LogP contribution in [0.4, 0.5) is 5.82 Å². The van der Waals surface area contributed by atoms with E-state index in [1.165, 1.54) is 0 Å². The van der Waals surface area contributed by atoms with Crippen molar-refractivity contribution in [3.05, 3.63) is 35.9 Å². The van der Waals surface area contributed by atoms with Gasteiger partial charge in [-0.15, -0.1) is 0 Å². The minimum absolute atomic E-state index is 0.404. The van der Waals surface area contributed by atoms with Crippen LogP contribution in [0.25, 0.3) is 10.9 Å². The van der Waals surface area contributed by atoms with Crippen molar-refractivity contribution in [3.8, 4) is 0 Å². The highest BCUT2D eigenvalue weighted by Crippen LogP contribution is 2.23. The topological polar surface area (TPSA) is 62.5 Å². The van der Waals surface area contributed by atoms with Gasteiger partial charge >= 0.3 is 0 Å². The Hall–Kier alpha value is -2.14. The molecule has 0 unspecified atom stereocenters. The van der Waals surface area contributed by atoms with Crippen LogP contribution in [0.3, 0.4) is 0 Å². The lowest BCUT2D eigenvalue weighted by atomic mass is 10.1. The fourth-order valence-electron chi connectivity index (χ4n) is 2.56. The number of fused-ring (bicyclic) bond motifs is 1. The first kappa shape index (κ1) is 12.9. The summed E-state index contributed by atoms with van der Waals surface area (Å²) in [6, 6.07) is 9.44. The Morgan fingerprint density at radius 2 is 1.90 bits per heavy atom. The maximum absolute atomic E-state index is 11.7. The maximum atomic E-state index is 11.7. The van der Waals surface area contributed by atoms with Crippen molar-refractivity contribution in [2.24, 2.45) is 5.73 Å². The number of primary amides is 1. The molecule has 1 aromatic heterocycles. The second-order valence-electron chi connectivity index (χ2n) is 5.20. The number of rotatable bonds is 2. The van der Waals surface area contributed by atoms with Gasteiger partial charge in [0.2, 0.25) is 5.91 Å². The Morgan fingerprint density at radius 3 is 2.60 bits per heavy atom. The second kappa shape index (κ2) is 5.09. The molecule has 0 saturated carbocycles. The van der Waals surface area contributed by atoms with Gasteiger partial charge in [0.1, 0.15) is 5.82 Å². The fraction of sp³-hybridized carbons (Fsp3) is 0.333. The van der Waals surface area contributed by atoms with E-state index in [0.29, 0.717) is 5.56 Å². The van der Waals surface area contributed by atoms with Crippen molar-refractivity contribution in [1.29, 1.82) is 0 Å². The molecule has 0 bridgehead atoms. The Balaban J connectivity index is 2.06. The number of para-hydroxylation sites is 1. The lowest BCUT2D eigenvalue weighted by molar-refractivity contribution is 0.100. The Kier molecular flexibility index (Phi) is 3.28. The van der Waals surface area contributed by atoms with Crippen LogP contribution in [0.2, 0.25) is 0 Å². The minimum Gasteiger partial charge on any atom is -0.366 e. The Labute approximate surface area is 118 Å². The van der Waals surface area contributed by atoms with E-state index in [2.05, 4.69) is 21.8 Å². The summed E-state index contributed by atoms with van der Waals surface area (Å²) in [4.78, 5) is 20.8. The predicted molar refractivity (Wildman–Crippen MR) is 80.0 cm³/mol. The zero-order valence-electron chi connectivity index (χ0n) is 11.5. The molecule has 1 aliphatic heterocycles. The average molecular weight is 270 g/mol. The molecule has 104 valence electrons. The largest absolute Gasteiger partial charge is 0.366 e. The van der Waals surface area contributed by atoms with E-state index in [-0.39, 0.29) is 0 Å². The fourth-order valence-corrected chi connectivity index (χ4v) is 2.56. The van der Waals surface area contributed by atoms with E-state index in [9.17, 15) is 4.79 Å². The molecule has 2 aromatic rings. The quantitative estimate of drug-likeness (QED) is 0.887. The van der Waals surface area contributed by atoms with Crippen molar-refractivity contribution in [1.82, 2.24) is 9.88 Å². The third kappa shape index (κ3) is 2.32. The lowest BCUT2D eigenvalue weighted by Crippen LogP contribution is -2.44. The molecule has 3 rings (SSSR count). The number of carbonyl (C=O) groups is 1. The molecular weight excluding hydrogens is 252 g/mol. The minimum atomic E-state index is -0.404. The van der Waals surface area contributed by atoms with Crippen LogP contribution >= 0.6 is 0 Å². The van der Waals surface area contributed by atoms with Gasteiger partial charge in [0.25, 0.3) is 0 Å². The molecule has 0 atom stereocenters. The van der Waals surface area contributed by atoms with Crippen LogP contribution in [-0.2, 0) is 0 Å². The third-order valence-corrected chi connectivity index (χ3v) is 3.80. The van der Waals surface area contributed by atoms with Crippen molar-refractivity contribution in [3.63, 3.8) is 0 Å². The molecule has 0 radical (unpaired) electrons. The molecule has 1 fully saturated rings. The number of likely N-dealkylation sites (N-methyl/N-ethyl adjacent to an activating group) is 1. The SMILES string of the molecule is CN1CCN(c2cc(C(N)=O)c3ccccc3n2)CC1. The van der Waals surface area contributed by atoms with Crippen LogP contribution < -0.4 is 10.6 Å². The number of benzene rings is 1. The highest BCUT2D eigenvalue weighted by atomic mass is 16.1. The number of hydrogen-bond donors (Lipinski definition) is 1. The number of nitrogens with zero attached hydrogens (tertiary/aromatic N) is 3. The predicted octanol–water partition coefficient (Wildman–Crippen LogP) is 1.09. The van der Waals surface area contributed by atoms with E-state index < -0.39 is 5.91 Å². The van der Waals surface area contributed by atoms with Crippen LogP contribution in [-0.4, -0.2) is 49.0 Å². The molecule has 1 aromatic carbocycles. The van der Waals surface area contributed by atoms with Crippen LogP contribution in [0.1, 0.15) is 10.4 Å². The monoisotopic (exact) mass is 270 g/mol. The van der Waals surface area contributed by atoms with Gasteiger partial charge in [-0.2, -0.15) is 0 Å². The molecule has 1 saturated heterocycles. The summed E-state index contributed by atoms with van der Waals surface area (Å²) >= 11 is 0. The molecule has 0 aliphatic carbocycles. The van der Waals surface area contributed by atoms with Gasteiger partial charge in [-0.1, -0.05) is 18.2 Å². The second-order valence-corrected chi connectivity index (χ2v) is 5.20. The van der Waals surface area contributed by atoms with E-state index in [1.54, 1.807) is 0 Å². The van der Waals surface area contributed by atoms with Gasteiger partial charge in [-0.05, 0) is 19.2 Å². The highest BCUT2D eigenvalue weighted by molar-refractivity contribution is 6.06. The zero-order chi connectivity index (χ0) is 14.1. The lowest BCUT2D eigenvalue weighted by Gasteiger charge is -2.33. The third-order valence-electron chi connectivity index (χ3n) is 3.80. The van der Waals surface area contributed by atoms with Crippen molar-refractivity contribution >= 4 is 22.6 Å². The van der Waals surface area contributed by atoms with E-state index in [0.717, 1.165) is 42.9 Å². The van der Waals surface area contributed by atoms with Crippen LogP contribution in [0.15, 0.2) is 30.3 Å². The summed E-state index contributed by atoms with van der Waals surface area (Å²) in [6.07, 6.45) is 0. The van der Waals surface area contributed by atoms with Gasteiger partial charge in [0, 0.05) is 31.6 Å². The molecule has 2 heterocycles. The molecule has 5 heteroatoms. The number of pyridine rings is 1.